The summed E-state index contributed by atoms with van der Waals surface area (Å²) in [5, 5.41) is 3.17. The van der Waals surface area contributed by atoms with Crippen molar-refractivity contribution in [2.45, 2.75) is 6.29 Å². The number of ether oxygens (including phenoxy) is 1. The van der Waals surface area contributed by atoms with Gasteiger partial charge >= 0.3 is 0 Å². The van der Waals surface area contributed by atoms with Gasteiger partial charge in [0, 0.05) is 24.5 Å². The molecular weight excluding hydrogens is 402 g/mol. The van der Waals surface area contributed by atoms with E-state index in [0.717, 1.165) is 0 Å². The Hall–Kier alpha value is -2.91. The second kappa shape index (κ2) is 8.22. The summed E-state index contributed by atoms with van der Waals surface area (Å²) < 4.78 is 32.5. The monoisotopic (exact) mass is 420 g/mol. The van der Waals surface area contributed by atoms with Gasteiger partial charge in [0.25, 0.3) is 0 Å². The number of hydrogen-bond donors (Lipinski definition) is 2. The van der Waals surface area contributed by atoms with Crippen LogP contribution in [0.15, 0.2) is 52.4 Å². The third kappa shape index (κ3) is 4.25. The van der Waals surface area contributed by atoms with Crippen LogP contribution in [0.25, 0.3) is 0 Å². The molecule has 0 aliphatic carbocycles. The predicted molar refractivity (Wildman–Crippen MR) is 109 cm³/mol. The van der Waals surface area contributed by atoms with Crippen molar-refractivity contribution < 1.29 is 13.5 Å². The second-order valence-corrected chi connectivity index (χ2v) is 6.90. The quantitative estimate of drug-likeness (QED) is 0.798. The van der Waals surface area contributed by atoms with Gasteiger partial charge in [-0.1, -0.05) is 11.6 Å². The Balaban J connectivity index is 1.71. The molecule has 2 aromatic rings. The number of benzene rings is 2. The Morgan fingerprint density at radius 2 is 1.83 bits per heavy atom. The topological polar surface area (TPSA) is 78.5 Å². The summed E-state index contributed by atoms with van der Waals surface area (Å²) in [6.45, 7) is 2.36. The number of rotatable bonds is 3. The number of nitrogens with one attached hydrogen (secondary N) is 1. The minimum atomic E-state index is -0.697. The lowest BCUT2D eigenvalue weighted by atomic mass is 10.2. The van der Waals surface area contributed by atoms with Crippen molar-refractivity contribution in [1.29, 1.82) is 0 Å². The summed E-state index contributed by atoms with van der Waals surface area (Å²) in [6.07, 6.45) is -0.697. The minimum absolute atomic E-state index is 0.0156. The Morgan fingerprint density at radius 1 is 1.10 bits per heavy atom. The Kier molecular flexibility index (Phi) is 5.50. The maximum absolute atomic E-state index is 13.5. The van der Waals surface area contributed by atoms with Crippen LogP contribution >= 0.6 is 11.6 Å². The van der Waals surface area contributed by atoms with Crippen molar-refractivity contribution in [3.05, 3.63) is 59.1 Å². The zero-order valence-corrected chi connectivity index (χ0v) is 16.1. The average molecular weight is 421 g/mol. The summed E-state index contributed by atoms with van der Waals surface area (Å²) in [7, 11) is 0. The first-order valence-electron chi connectivity index (χ1n) is 9.02. The molecular formula is C19H19ClF2N6O. The second-order valence-electron chi connectivity index (χ2n) is 6.49. The zero-order chi connectivity index (χ0) is 20.4. The maximum atomic E-state index is 13.5. The number of nitrogens with zero attached hydrogens (tertiary/aromatic N) is 4. The summed E-state index contributed by atoms with van der Waals surface area (Å²) in [6, 6.07) is 10.3. The van der Waals surface area contributed by atoms with Crippen molar-refractivity contribution in [3.8, 4) is 0 Å². The van der Waals surface area contributed by atoms with Crippen LogP contribution in [-0.4, -0.2) is 49.4 Å². The zero-order valence-electron chi connectivity index (χ0n) is 15.4. The molecule has 2 aliphatic heterocycles. The van der Waals surface area contributed by atoms with Crippen molar-refractivity contribution in [2.24, 2.45) is 15.7 Å². The molecule has 0 bridgehead atoms. The van der Waals surface area contributed by atoms with Gasteiger partial charge in [-0.25, -0.2) is 13.8 Å². The van der Waals surface area contributed by atoms with Gasteiger partial charge in [-0.15, -0.1) is 0 Å². The molecule has 0 aromatic heterocycles. The van der Waals surface area contributed by atoms with Gasteiger partial charge in [0.15, 0.2) is 0 Å². The molecule has 152 valence electrons. The van der Waals surface area contributed by atoms with Crippen LogP contribution in [0.2, 0.25) is 5.02 Å². The van der Waals surface area contributed by atoms with Crippen LogP contribution in [-0.2, 0) is 4.74 Å². The number of anilines is 2. The summed E-state index contributed by atoms with van der Waals surface area (Å²) in [5.41, 5.74) is 7.20. The van der Waals surface area contributed by atoms with E-state index in [2.05, 4.69) is 15.3 Å². The molecule has 29 heavy (non-hydrogen) atoms. The fraction of sp³-hybridized carbons (Fsp3) is 0.263. The highest BCUT2D eigenvalue weighted by molar-refractivity contribution is 6.31. The molecule has 0 spiro atoms. The summed E-state index contributed by atoms with van der Waals surface area (Å²) in [4.78, 5) is 12.7. The van der Waals surface area contributed by atoms with Gasteiger partial charge < -0.3 is 20.7 Å². The number of hydrogen-bond acceptors (Lipinski definition) is 7. The Morgan fingerprint density at radius 3 is 2.52 bits per heavy atom. The lowest BCUT2D eigenvalue weighted by Gasteiger charge is -2.41. The van der Waals surface area contributed by atoms with E-state index in [1.165, 1.54) is 24.3 Å². The van der Waals surface area contributed by atoms with E-state index in [9.17, 15) is 8.78 Å². The molecule has 0 saturated carbocycles. The third-order valence-electron chi connectivity index (χ3n) is 4.54. The van der Waals surface area contributed by atoms with Crippen molar-refractivity contribution in [1.82, 2.24) is 4.90 Å². The molecule has 7 nitrogen and oxygen atoms in total. The highest BCUT2D eigenvalue weighted by Crippen LogP contribution is 2.26. The highest BCUT2D eigenvalue weighted by atomic mass is 35.5. The molecule has 3 N–H and O–H groups in total. The molecule has 1 atom stereocenters. The van der Waals surface area contributed by atoms with E-state index in [1.807, 2.05) is 4.90 Å². The maximum Gasteiger partial charge on any atom is 0.222 e. The van der Waals surface area contributed by atoms with Gasteiger partial charge in [0.05, 0.1) is 18.2 Å². The van der Waals surface area contributed by atoms with E-state index < -0.39 is 12.1 Å². The van der Waals surface area contributed by atoms with Gasteiger partial charge in [0.2, 0.25) is 18.2 Å². The van der Waals surface area contributed by atoms with E-state index >= 15 is 0 Å². The Bertz CT molecular complexity index is 946. The first-order chi connectivity index (χ1) is 14.0. The van der Waals surface area contributed by atoms with E-state index in [-0.39, 0.29) is 16.8 Å². The third-order valence-corrected chi connectivity index (χ3v) is 4.83. The molecule has 0 amide bonds. The lowest BCUT2D eigenvalue weighted by Crippen LogP contribution is -2.57. The van der Waals surface area contributed by atoms with Gasteiger partial charge in [-0.2, -0.15) is 4.99 Å². The van der Waals surface area contributed by atoms with Gasteiger partial charge in [-0.3, -0.25) is 4.90 Å². The molecule has 2 aliphatic rings. The van der Waals surface area contributed by atoms with Gasteiger partial charge in [-0.05, 0) is 42.5 Å². The summed E-state index contributed by atoms with van der Waals surface area (Å²) in [5.74, 6) is -0.211. The molecule has 2 heterocycles. The van der Waals surface area contributed by atoms with Crippen LogP contribution in [0.4, 0.5) is 20.2 Å². The number of guanidine groups is 2. The predicted octanol–water partition coefficient (Wildman–Crippen LogP) is 2.84. The van der Waals surface area contributed by atoms with Gasteiger partial charge in [0.1, 0.15) is 11.6 Å². The molecule has 1 fully saturated rings. The largest absolute Gasteiger partial charge is 0.378 e. The molecule has 1 unspecified atom stereocenters. The minimum Gasteiger partial charge on any atom is -0.378 e. The lowest BCUT2D eigenvalue weighted by molar-refractivity contribution is 0.0671. The van der Waals surface area contributed by atoms with Crippen LogP contribution in [0.5, 0.6) is 0 Å². The summed E-state index contributed by atoms with van der Waals surface area (Å²) >= 11 is 5.90. The first-order valence-corrected chi connectivity index (χ1v) is 9.40. The smallest absolute Gasteiger partial charge is 0.222 e. The Labute approximate surface area is 171 Å². The molecule has 10 heteroatoms. The molecule has 1 saturated heterocycles. The van der Waals surface area contributed by atoms with Crippen molar-refractivity contribution in [3.63, 3.8) is 0 Å². The highest BCUT2D eigenvalue weighted by Gasteiger charge is 2.32. The van der Waals surface area contributed by atoms with Crippen LogP contribution in [0.3, 0.4) is 0 Å². The number of morpholine rings is 1. The fourth-order valence-electron chi connectivity index (χ4n) is 3.15. The number of halogens is 3. The van der Waals surface area contributed by atoms with Crippen molar-refractivity contribution in [2.75, 3.05) is 36.5 Å². The van der Waals surface area contributed by atoms with E-state index in [0.29, 0.717) is 43.6 Å². The standard InChI is InChI=1S/C19H19ClF2N6O/c20-15-11-13(3-6-16(15)22)24-18-25-17(23)26-19(27-7-9-29-10-8-27)28(18)14-4-1-12(21)2-5-14/h1-6,11,18,24H,7-10H2,(H2,23,25). The molecule has 2 aromatic carbocycles. The normalized spacial score (nSPS) is 19.6. The molecule has 4 rings (SSSR count). The van der Waals surface area contributed by atoms with Crippen molar-refractivity contribution >= 4 is 34.9 Å². The SMILES string of the molecule is NC1=NC(Nc2ccc(F)c(Cl)c2)N(c2ccc(F)cc2)C(N2CCOCC2)=N1. The number of nitrogens with two attached hydrogens (primary N) is 1. The molecule has 0 radical (unpaired) electrons. The number of aliphatic imine (C=N–C) groups is 2. The average Bonchev–Trinajstić information content (AvgIpc) is 2.72. The van der Waals surface area contributed by atoms with Crippen LogP contribution in [0, 0.1) is 11.6 Å². The van der Waals surface area contributed by atoms with Crippen LogP contribution < -0.4 is 16.0 Å². The van der Waals surface area contributed by atoms with E-state index in [4.69, 9.17) is 22.1 Å². The van der Waals surface area contributed by atoms with E-state index in [1.54, 1.807) is 23.1 Å². The van der Waals surface area contributed by atoms with Crippen LogP contribution in [0.1, 0.15) is 0 Å². The fourth-order valence-corrected chi connectivity index (χ4v) is 3.33. The first kappa shape index (κ1) is 19.4.